The van der Waals surface area contributed by atoms with E-state index in [9.17, 15) is 0 Å². The van der Waals surface area contributed by atoms with Crippen molar-refractivity contribution in [3.63, 3.8) is 0 Å². The van der Waals surface area contributed by atoms with Gasteiger partial charge in [-0.05, 0) is 36.6 Å². The lowest BCUT2D eigenvalue weighted by Crippen LogP contribution is -2.12. The summed E-state index contributed by atoms with van der Waals surface area (Å²) >= 11 is 11.7. The number of halogens is 3. The molecule has 1 nitrogen and oxygen atoms in total. The molecule has 0 aromatic heterocycles. The lowest BCUT2D eigenvalue weighted by atomic mass is 10.0. The summed E-state index contributed by atoms with van der Waals surface area (Å²) in [4.78, 5) is 0. The molecule has 0 saturated carbocycles. The van der Waals surface area contributed by atoms with E-state index in [2.05, 4.69) is 6.92 Å². The normalized spacial score (nSPS) is 12.0. The molecule has 1 aromatic rings. The zero-order chi connectivity index (χ0) is 9.84. The summed E-state index contributed by atoms with van der Waals surface area (Å²) in [5.41, 5.74) is 6.72. The molecule has 1 rings (SSSR count). The van der Waals surface area contributed by atoms with Gasteiger partial charge in [0.15, 0.2) is 0 Å². The van der Waals surface area contributed by atoms with E-state index in [1.165, 1.54) is 5.56 Å². The van der Waals surface area contributed by atoms with Crippen molar-refractivity contribution in [2.45, 2.75) is 13.3 Å². The fourth-order valence-electron chi connectivity index (χ4n) is 1.15. The van der Waals surface area contributed by atoms with Crippen molar-refractivity contribution >= 4 is 35.6 Å². The Morgan fingerprint density at radius 1 is 1.29 bits per heavy atom. The highest BCUT2D eigenvalue weighted by atomic mass is 35.5. The lowest BCUT2D eigenvalue weighted by Gasteiger charge is -2.08. The summed E-state index contributed by atoms with van der Waals surface area (Å²) in [6.07, 6.45) is 0.952. The first-order chi connectivity index (χ1) is 6.13. The molecule has 0 aliphatic carbocycles. The molecule has 2 N–H and O–H groups in total. The minimum atomic E-state index is 0. The third kappa shape index (κ3) is 4.05. The number of rotatable bonds is 3. The Balaban J connectivity index is 0.00000169. The molecule has 0 radical (unpaired) electrons. The molecule has 0 fully saturated rings. The van der Waals surface area contributed by atoms with E-state index >= 15 is 0 Å². The van der Waals surface area contributed by atoms with Crippen LogP contribution < -0.4 is 5.73 Å². The van der Waals surface area contributed by atoms with E-state index < -0.39 is 0 Å². The number of hydrogen-bond acceptors (Lipinski definition) is 1. The van der Waals surface area contributed by atoms with Gasteiger partial charge in [-0.2, -0.15) is 0 Å². The quantitative estimate of drug-likeness (QED) is 0.877. The van der Waals surface area contributed by atoms with E-state index in [4.69, 9.17) is 28.9 Å². The second kappa shape index (κ2) is 6.52. The molecule has 0 aliphatic rings. The van der Waals surface area contributed by atoms with Crippen LogP contribution in [0, 0.1) is 5.92 Å². The molecule has 0 aliphatic heterocycles. The van der Waals surface area contributed by atoms with Crippen molar-refractivity contribution in [1.29, 1.82) is 0 Å². The van der Waals surface area contributed by atoms with Gasteiger partial charge in [0, 0.05) is 0 Å². The first-order valence-electron chi connectivity index (χ1n) is 4.27. The number of nitrogens with two attached hydrogens (primary N) is 1. The first kappa shape index (κ1) is 14.1. The van der Waals surface area contributed by atoms with Crippen molar-refractivity contribution in [3.05, 3.63) is 33.8 Å². The second-order valence-corrected chi connectivity index (χ2v) is 4.11. The summed E-state index contributed by atoms with van der Waals surface area (Å²) < 4.78 is 0. The highest BCUT2D eigenvalue weighted by Gasteiger charge is 2.03. The largest absolute Gasteiger partial charge is 0.330 e. The molecular weight excluding hydrogens is 240 g/mol. The predicted octanol–water partition coefficient (Wildman–Crippen LogP) is 3.55. The van der Waals surface area contributed by atoms with Crippen molar-refractivity contribution in [2.24, 2.45) is 11.7 Å². The molecule has 0 heterocycles. The van der Waals surface area contributed by atoms with Crippen molar-refractivity contribution < 1.29 is 0 Å². The van der Waals surface area contributed by atoms with Crippen LogP contribution in [0.1, 0.15) is 12.5 Å². The maximum Gasteiger partial charge on any atom is 0.0595 e. The number of hydrogen-bond donors (Lipinski definition) is 1. The summed E-state index contributed by atoms with van der Waals surface area (Å²) in [6.45, 7) is 2.81. The van der Waals surface area contributed by atoms with Gasteiger partial charge >= 0.3 is 0 Å². The zero-order valence-electron chi connectivity index (χ0n) is 7.97. The van der Waals surface area contributed by atoms with Gasteiger partial charge in [0.1, 0.15) is 0 Å². The standard InChI is InChI=1S/C10H13Cl2N.ClH/c1-7(6-13)4-8-2-3-9(11)10(12)5-8;/h2-3,5,7H,4,6,13H2,1H3;1H. The molecule has 4 heteroatoms. The van der Waals surface area contributed by atoms with Gasteiger partial charge in [0.25, 0.3) is 0 Å². The van der Waals surface area contributed by atoms with E-state index in [1.807, 2.05) is 18.2 Å². The zero-order valence-corrected chi connectivity index (χ0v) is 10.3. The van der Waals surface area contributed by atoms with Gasteiger partial charge in [-0.25, -0.2) is 0 Å². The van der Waals surface area contributed by atoms with Gasteiger partial charge in [-0.15, -0.1) is 12.4 Å². The Hall–Kier alpha value is 0.0500. The van der Waals surface area contributed by atoms with Crippen molar-refractivity contribution in [3.8, 4) is 0 Å². The molecule has 1 aromatic carbocycles. The Kier molecular flexibility index (Phi) is 6.54. The first-order valence-corrected chi connectivity index (χ1v) is 5.03. The highest BCUT2D eigenvalue weighted by Crippen LogP contribution is 2.23. The molecule has 0 bridgehead atoms. The molecule has 14 heavy (non-hydrogen) atoms. The Morgan fingerprint density at radius 2 is 1.93 bits per heavy atom. The van der Waals surface area contributed by atoms with Gasteiger partial charge in [-0.3, -0.25) is 0 Å². The predicted molar refractivity (Wildman–Crippen MR) is 65.6 cm³/mol. The third-order valence-corrected chi connectivity index (χ3v) is 2.71. The summed E-state index contributed by atoms with van der Waals surface area (Å²) in [5.74, 6) is 0.484. The third-order valence-electron chi connectivity index (χ3n) is 1.97. The topological polar surface area (TPSA) is 26.0 Å². The van der Waals surface area contributed by atoms with E-state index in [0.717, 1.165) is 6.42 Å². The molecule has 1 atom stereocenters. The molecular formula is C10H14Cl3N. The van der Waals surface area contributed by atoms with Crippen LogP contribution in [0.25, 0.3) is 0 Å². The van der Waals surface area contributed by atoms with Crippen LogP contribution >= 0.6 is 35.6 Å². The van der Waals surface area contributed by atoms with Crippen LogP contribution in [0.15, 0.2) is 18.2 Å². The van der Waals surface area contributed by atoms with Crippen LogP contribution in [-0.4, -0.2) is 6.54 Å². The molecule has 80 valence electrons. The maximum absolute atomic E-state index is 5.88. The molecule has 0 saturated heterocycles. The Bertz CT molecular complexity index is 289. The second-order valence-electron chi connectivity index (χ2n) is 3.29. The van der Waals surface area contributed by atoms with Crippen LogP contribution in [0.4, 0.5) is 0 Å². The highest BCUT2D eigenvalue weighted by molar-refractivity contribution is 6.42. The maximum atomic E-state index is 5.88. The van der Waals surface area contributed by atoms with Crippen LogP contribution in [-0.2, 0) is 6.42 Å². The van der Waals surface area contributed by atoms with Crippen LogP contribution in [0.3, 0.4) is 0 Å². The lowest BCUT2D eigenvalue weighted by molar-refractivity contribution is 0.593. The van der Waals surface area contributed by atoms with Gasteiger partial charge in [0.2, 0.25) is 0 Å². The van der Waals surface area contributed by atoms with Crippen molar-refractivity contribution in [2.75, 3.05) is 6.54 Å². The minimum absolute atomic E-state index is 0. The fraction of sp³-hybridized carbons (Fsp3) is 0.400. The molecule has 0 amide bonds. The van der Waals surface area contributed by atoms with E-state index in [-0.39, 0.29) is 12.4 Å². The number of benzene rings is 1. The van der Waals surface area contributed by atoms with Gasteiger partial charge in [-0.1, -0.05) is 36.2 Å². The average Bonchev–Trinajstić information content (AvgIpc) is 2.11. The van der Waals surface area contributed by atoms with E-state index in [0.29, 0.717) is 22.5 Å². The van der Waals surface area contributed by atoms with Crippen LogP contribution in [0.5, 0.6) is 0 Å². The van der Waals surface area contributed by atoms with Crippen LogP contribution in [0.2, 0.25) is 10.0 Å². The summed E-state index contributed by atoms with van der Waals surface area (Å²) in [6, 6.07) is 5.71. The fourth-order valence-corrected chi connectivity index (χ4v) is 1.47. The Labute approximate surface area is 101 Å². The van der Waals surface area contributed by atoms with Crippen molar-refractivity contribution in [1.82, 2.24) is 0 Å². The minimum Gasteiger partial charge on any atom is -0.330 e. The summed E-state index contributed by atoms with van der Waals surface area (Å²) in [5, 5.41) is 1.22. The average molecular weight is 255 g/mol. The molecule has 0 spiro atoms. The van der Waals surface area contributed by atoms with Gasteiger partial charge < -0.3 is 5.73 Å². The summed E-state index contributed by atoms with van der Waals surface area (Å²) in [7, 11) is 0. The Morgan fingerprint density at radius 3 is 2.43 bits per heavy atom. The smallest absolute Gasteiger partial charge is 0.0595 e. The van der Waals surface area contributed by atoms with E-state index in [1.54, 1.807) is 0 Å². The monoisotopic (exact) mass is 253 g/mol. The van der Waals surface area contributed by atoms with Gasteiger partial charge in [0.05, 0.1) is 10.0 Å². The SMILES string of the molecule is CC(CN)Cc1ccc(Cl)c(Cl)c1.Cl. The molecule has 1 unspecified atom stereocenters.